The van der Waals surface area contributed by atoms with E-state index in [1.54, 1.807) is 0 Å². The predicted octanol–water partition coefficient (Wildman–Crippen LogP) is 3.58. The van der Waals surface area contributed by atoms with E-state index in [2.05, 4.69) is 53.6 Å². The maximum Gasteiger partial charge on any atom is 0.0596 e. The molecule has 3 rings (SSSR count). The Labute approximate surface area is 125 Å². The van der Waals surface area contributed by atoms with Crippen molar-refractivity contribution in [1.29, 1.82) is 0 Å². The van der Waals surface area contributed by atoms with Crippen LogP contribution in [0, 0.1) is 0 Å². The Bertz CT molecular complexity index is 550. The van der Waals surface area contributed by atoms with E-state index in [-0.39, 0.29) is 6.04 Å². The zero-order valence-corrected chi connectivity index (χ0v) is 12.8. The molecule has 1 aliphatic rings. The van der Waals surface area contributed by atoms with E-state index in [4.69, 9.17) is 5.73 Å². The quantitative estimate of drug-likeness (QED) is 0.930. The smallest absolute Gasteiger partial charge is 0.0596 e. The van der Waals surface area contributed by atoms with Crippen molar-refractivity contribution >= 4 is 11.3 Å². The molecule has 106 valence electrons. The number of rotatable bonds is 4. The Balaban J connectivity index is 1.86. The highest BCUT2D eigenvalue weighted by atomic mass is 32.1. The molecule has 0 saturated carbocycles. The van der Waals surface area contributed by atoms with Gasteiger partial charge in [-0.15, -0.1) is 11.3 Å². The van der Waals surface area contributed by atoms with Gasteiger partial charge in [0.2, 0.25) is 0 Å². The van der Waals surface area contributed by atoms with Crippen LogP contribution in [0.15, 0.2) is 41.8 Å². The molecule has 1 aliphatic heterocycles. The SMILES string of the molecule is CCC(N)C(c1cccs1)N1CCc2ccccc2C1. The van der Waals surface area contributed by atoms with E-state index in [0.717, 1.165) is 25.9 Å². The van der Waals surface area contributed by atoms with Gasteiger partial charge in [-0.25, -0.2) is 0 Å². The lowest BCUT2D eigenvalue weighted by atomic mass is 9.95. The monoisotopic (exact) mass is 286 g/mol. The summed E-state index contributed by atoms with van der Waals surface area (Å²) in [6.07, 6.45) is 2.15. The van der Waals surface area contributed by atoms with E-state index < -0.39 is 0 Å². The van der Waals surface area contributed by atoms with Crippen molar-refractivity contribution in [2.75, 3.05) is 6.54 Å². The topological polar surface area (TPSA) is 29.3 Å². The van der Waals surface area contributed by atoms with Crippen molar-refractivity contribution in [3.63, 3.8) is 0 Å². The molecule has 2 aromatic rings. The van der Waals surface area contributed by atoms with Gasteiger partial charge >= 0.3 is 0 Å². The highest BCUT2D eigenvalue weighted by Gasteiger charge is 2.29. The van der Waals surface area contributed by atoms with Gasteiger partial charge in [-0.2, -0.15) is 0 Å². The minimum atomic E-state index is 0.207. The average Bonchev–Trinajstić information content (AvgIpc) is 3.01. The van der Waals surface area contributed by atoms with Crippen molar-refractivity contribution in [2.45, 2.75) is 38.4 Å². The molecule has 0 aliphatic carbocycles. The Morgan fingerprint density at radius 2 is 2.00 bits per heavy atom. The number of nitrogens with two attached hydrogens (primary N) is 1. The largest absolute Gasteiger partial charge is 0.326 e. The molecule has 1 aromatic heterocycles. The molecule has 0 radical (unpaired) electrons. The normalized spacial score (nSPS) is 18.5. The summed E-state index contributed by atoms with van der Waals surface area (Å²) in [4.78, 5) is 3.96. The van der Waals surface area contributed by atoms with Gasteiger partial charge in [0.1, 0.15) is 0 Å². The second-order valence-electron chi connectivity index (χ2n) is 5.52. The lowest BCUT2D eigenvalue weighted by Gasteiger charge is -2.38. The fourth-order valence-electron chi connectivity index (χ4n) is 3.10. The second-order valence-corrected chi connectivity index (χ2v) is 6.50. The highest BCUT2D eigenvalue weighted by Crippen LogP contribution is 2.32. The van der Waals surface area contributed by atoms with Crippen LogP contribution < -0.4 is 5.73 Å². The van der Waals surface area contributed by atoms with E-state index >= 15 is 0 Å². The summed E-state index contributed by atoms with van der Waals surface area (Å²) < 4.78 is 0. The van der Waals surface area contributed by atoms with Gasteiger partial charge < -0.3 is 5.73 Å². The van der Waals surface area contributed by atoms with Gasteiger partial charge in [-0.05, 0) is 35.4 Å². The molecular formula is C17H22N2S. The third kappa shape index (κ3) is 2.66. The van der Waals surface area contributed by atoms with Crippen LogP contribution in [0.25, 0.3) is 0 Å². The second kappa shape index (κ2) is 6.08. The maximum absolute atomic E-state index is 6.42. The number of thiophene rings is 1. The van der Waals surface area contributed by atoms with E-state index in [0.29, 0.717) is 6.04 Å². The summed E-state index contributed by atoms with van der Waals surface area (Å²) >= 11 is 1.83. The van der Waals surface area contributed by atoms with Crippen LogP contribution in [-0.4, -0.2) is 17.5 Å². The fourth-order valence-corrected chi connectivity index (χ4v) is 4.03. The molecule has 2 atom stereocenters. The van der Waals surface area contributed by atoms with Gasteiger partial charge in [-0.3, -0.25) is 4.90 Å². The third-order valence-corrected chi connectivity index (χ3v) is 5.21. The molecule has 0 bridgehead atoms. The van der Waals surface area contributed by atoms with Gasteiger partial charge in [0.15, 0.2) is 0 Å². The molecule has 20 heavy (non-hydrogen) atoms. The molecule has 0 spiro atoms. The first-order valence-corrected chi connectivity index (χ1v) is 8.27. The Hall–Kier alpha value is -1.16. The van der Waals surface area contributed by atoms with Gasteiger partial charge in [0.25, 0.3) is 0 Å². The first kappa shape index (κ1) is 13.8. The van der Waals surface area contributed by atoms with Crippen molar-refractivity contribution in [3.8, 4) is 0 Å². The van der Waals surface area contributed by atoms with Crippen molar-refractivity contribution in [3.05, 3.63) is 57.8 Å². The standard InChI is InChI=1S/C17H22N2S/c1-2-15(18)17(16-8-5-11-20-16)19-10-9-13-6-3-4-7-14(13)12-19/h3-8,11,15,17H,2,9-10,12,18H2,1H3. The molecule has 0 fully saturated rings. The molecule has 0 amide bonds. The molecule has 3 heteroatoms. The van der Waals surface area contributed by atoms with Crippen LogP contribution in [0.3, 0.4) is 0 Å². The molecular weight excluding hydrogens is 264 g/mol. The number of fused-ring (bicyclic) bond motifs is 1. The minimum absolute atomic E-state index is 0.207. The fraction of sp³-hybridized carbons (Fsp3) is 0.412. The summed E-state index contributed by atoms with van der Waals surface area (Å²) in [5.74, 6) is 0. The van der Waals surface area contributed by atoms with E-state index in [1.165, 1.54) is 16.0 Å². The number of hydrogen-bond donors (Lipinski definition) is 1. The molecule has 2 heterocycles. The van der Waals surface area contributed by atoms with Crippen LogP contribution in [0.4, 0.5) is 0 Å². The summed E-state index contributed by atoms with van der Waals surface area (Å²) in [7, 11) is 0. The van der Waals surface area contributed by atoms with Gasteiger partial charge in [-0.1, -0.05) is 37.3 Å². The number of benzene rings is 1. The van der Waals surface area contributed by atoms with Crippen LogP contribution in [0.1, 0.15) is 35.4 Å². The number of hydrogen-bond acceptors (Lipinski definition) is 3. The third-order valence-electron chi connectivity index (χ3n) is 4.27. The zero-order valence-electron chi connectivity index (χ0n) is 12.0. The first-order chi connectivity index (χ1) is 9.79. The van der Waals surface area contributed by atoms with Crippen LogP contribution >= 0.6 is 11.3 Å². The highest BCUT2D eigenvalue weighted by molar-refractivity contribution is 7.10. The predicted molar refractivity (Wildman–Crippen MR) is 85.9 cm³/mol. The lowest BCUT2D eigenvalue weighted by molar-refractivity contribution is 0.155. The van der Waals surface area contributed by atoms with Crippen LogP contribution in [0.2, 0.25) is 0 Å². The average molecular weight is 286 g/mol. The summed E-state index contributed by atoms with van der Waals surface area (Å²) in [6, 6.07) is 13.7. The Morgan fingerprint density at radius 1 is 1.20 bits per heavy atom. The minimum Gasteiger partial charge on any atom is -0.326 e. The molecule has 2 unspecified atom stereocenters. The van der Waals surface area contributed by atoms with Crippen LogP contribution in [-0.2, 0) is 13.0 Å². The summed E-state index contributed by atoms with van der Waals surface area (Å²) in [5, 5.41) is 2.16. The molecule has 0 saturated heterocycles. The molecule has 1 aromatic carbocycles. The number of nitrogens with zero attached hydrogens (tertiary/aromatic N) is 1. The zero-order chi connectivity index (χ0) is 13.9. The summed E-state index contributed by atoms with van der Waals surface area (Å²) in [5.41, 5.74) is 9.38. The van der Waals surface area contributed by atoms with Gasteiger partial charge in [0, 0.05) is 24.0 Å². The van der Waals surface area contributed by atoms with Crippen LogP contribution in [0.5, 0.6) is 0 Å². The molecule has 2 N–H and O–H groups in total. The van der Waals surface area contributed by atoms with Crippen molar-refractivity contribution in [2.24, 2.45) is 5.73 Å². The van der Waals surface area contributed by atoms with E-state index in [9.17, 15) is 0 Å². The Morgan fingerprint density at radius 3 is 2.70 bits per heavy atom. The van der Waals surface area contributed by atoms with E-state index in [1.807, 2.05) is 11.3 Å². The summed E-state index contributed by atoms with van der Waals surface area (Å²) in [6.45, 7) is 4.31. The molecule has 2 nitrogen and oxygen atoms in total. The maximum atomic E-state index is 6.42. The van der Waals surface area contributed by atoms with Crippen molar-refractivity contribution < 1.29 is 0 Å². The first-order valence-electron chi connectivity index (χ1n) is 7.39. The Kier molecular flexibility index (Phi) is 4.20. The lowest BCUT2D eigenvalue weighted by Crippen LogP contribution is -2.42. The van der Waals surface area contributed by atoms with Crippen molar-refractivity contribution in [1.82, 2.24) is 4.90 Å². The van der Waals surface area contributed by atoms with Gasteiger partial charge in [0.05, 0.1) is 6.04 Å².